The molecule has 1 aromatic rings. The van der Waals surface area contributed by atoms with Crippen molar-refractivity contribution in [1.82, 2.24) is 10.2 Å². The Kier molecular flexibility index (Phi) is 6.87. The number of ether oxygens (including phenoxy) is 1. The van der Waals surface area contributed by atoms with E-state index in [0.29, 0.717) is 13.2 Å². The van der Waals surface area contributed by atoms with Gasteiger partial charge in [0, 0.05) is 31.9 Å². The van der Waals surface area contributed by atoms with E-state index in [1.807, 2.05) is 24.0 Å². The molecule has 7 nitrogen and oxygen atoms in total. The molecule has 0 spiro atoms. The van der Waals surface area contributed by atoms with E-state index >= 15 is 0 Å². The van der Waals surface area contributed by atoms with Gasteiger partial charge in [0.15, 0.2) is 0 Å². The highest BCUT2D eigenvalue weighted by Gasteiger charge is 2.19. The molecule has 1 saturated heterocycles. The van der Waals surface area contributed by atoms with Crippen molar-refractivity contribution in [1.29, 1.82) is 5.41 Å². The maximum atomic E-state index is 12.2. The maximum absolute atomic E-state index is 12.2. The van der Waals surface area contributed by atoms with Crippen LogP contribution in [0.15, 0.2) is 24.3 Å². The molecule has 0 radical (unpaired) electrons. The minimum absolute atomic E-state index is 0.0155. The number of rotatable bonds is 6. The number of carbonyl (C=O) groups is 1. The highest BCUT2D eigenvalue weighted by molar-refractivity contribution is 5.87. The van der Waals surface area contributed by atoms with Gasteiger partial charge in [-0.25, -0.2) is 0 Å². The fraction of sp³-hybridized carbons (Fsp3) is 0.529. The fourth-order valence-corrected chi connectivity index (χ4v) is 2.71. The second-order valence-electron chi connectivity index (χ2n) is 5.68. The van der Waals surface area contributed by atoms with Crippen LogP contribution in [0.3, 0.4) is 0 Å². The van der Waals surface area contributed by atoms with Crippen LogP contribution in [-0.2, 0) is 4.79 Å². The summed E-state index contributed by atoms with van der Waals surface area (Å²) in [5, 5.41) is 10.2. The van der Waals surface area contributed by atoms with Crippen LogP contribution in [0.2, 0.25) is 0 Å². The molecule has 1 aliphatic heterocycles. The first-order valence-corrected chi connectivity index (χ1v) is 8.41. The molecule has 1 fully saturated rings. The van der Waals surface area contributed by atoms with Crippen molar-refractivity contribution in [2.75, 3.05) is 50.8 Å². The zero-order valence-corrected chi connectivity index (χ0v) is 14.3. The summed E-state index contributed by atoms with van der Waals surface area (Å²) in [4.78, 5) is 16.4. The lowest BCUT2D eigenvalue weighted by Crippen LogP contribution is -2.43. The Labute approximate surface area is 143 Å². The Morgan fingerprint density at radius 1 is 1.25 bits per heavy atom. The van der Waals surface area contributed by atoms with E-state index in [0.717, 1.165) is 37.5 Å². The van der Waals surface area contributed by atoms with E-state index in [1.54, 1.807) is 0 Å². The van der Waals surface area contributed by atoms with Crippen LogP contribution in [0.25, 0.3) is 0 Å². The number of nitrogens with two attached hydrogens (primary N) is 1. The highest BCUT2D eigenvalue weighted by Crippen LogP contribution is 2.20. The third-order valence-electron chi connectivity index (χ3n) is 4.02. The summed E-state index contributed by atoms with van der Waals surface area (Å²) in [5.74, 6) is 1.08. The molecule has 0 atom stereocenters. The van der Waals surface area contributed by atoms with Gasteiger partial charge in [0.2, 0.25) is 5.91 Å². The van der Waals surface area contributed by atoms with Crippen molar-refractivity contribution in [3.63, 3.8) is 0 Å². The molecule has 1 aliphatic rings. The van der Waals surface area contributed by atoms with Crippen LogP contribution in [0.4, 0.5) is 5.69 Å². The number of benzene rings is 1. The first-order chi connectivity index (χ1) is 11.6. The number of nitrogens with one attached hydrogen (secondary N) is 2. The standard InChI is InChI=1S/C17H27N5O2/c1-2-24-15-6-4-14(5-7-15)21-8-3-9-22(11-10-21)17(23)13-20-16(19)12-18/h4-7H,2-3,8-13,18H2,1H3,(H2,19,20). The first kappa shape index (κ1) is 18.1. The molecule has 24 heavy (non-hydrogen) atoms. The summed E-state index contributed by atoms with van der Waals surface area (Å²) in [7, 11) is 0. The molecule has 1 aromatic carbocycles. The molecule has 132 valence electrons. The van der Waals surface area contributed by atoms with Crippen LogP contribution in [-0.4, -0.2) is 62.5 Å². The van der Waals surface area contributed by atoms with Crippen molar-refractivity contribution in [2.24, 2.45) is 5.73 Å². The predicted molar refractivity (Wildman–Crippen MR) is 95.8 cm³/mol. The van der Waals surface area contributed by atoms with Gasteiger partial charge in [0.05, 0.1) is 19.7 Å². The molecule has 2 rings (SSSR count). The van der Waals surface area contributed by atoms with Gasteiger partial charge in [-0.1, -0.05) is 0 Å². The lowest BCUT2D eigenvalue weighted by Gasteiger charge is -2.24. The molecule has 1 amide bonds. The first-order valence-electron chi connectivity index (χ1n) is 8.41. The number of amides is 1. The SMILES string of the molecule is CCOc1ccc(N2CCCN(C(=O)CNC(=N)CN)CC2)cc1. The summed E-state index contributed by atoms with van der Waals surface area (Å²) in [6, 6.07) is 8.09. The molecule has 7 heteroatoms. The molecular formula is C17H27N5O2. The minimum Gasteiger partial charge on any atom is -0.494 e. The quantitative estimate of drug-likeness (QED) is 0.525. The highest BCUT2D eigenvalue weighted by atomic mass is 16.5. The van der Waals surface area contributed by atoms with Gasteiger partial charge in [0.25, 0.3) is 0 Å². The van der Waals surface area contributed by atoms with Gasteiger partial charge in [-0.05, 0) is 37.6 Å². The van der Waals surface area contributed by atoms with Crippen molar-refractivity contribution in [2.45, 2.75) is 13.3 Å². The van der Waals surface area contributed by atoms with E-state index < -0.39 is 0 Å². The maximum Gasteiger partial charge on any atom is 0.241 e. The van der Waals surface area contributed by atoms with E-state index in [4.69, 9.17) is 15.9 Å². The largest absolute Gasteiger partial charge is 0.494 e. The van der Waals surface area contributed by atoms with Gasteiger partial charge in [0.1, 0.15) is 11.6 Å². The molecule has 0 aliphatic carbocycles. The van der Waals surface area contributed by atoms with Crippen molar-refractivity contribution in [3.8, 4) is 5.75 Å². The number of nitrogens with zero attached hydrogens (tertiary/aromatic N) is 2. The molecule has 0 saturated carbocycles. The number of anilines is 1. The summed E-state index contributed by atoms with van der Waals surface area (Å²) in [5.41, 5.74) is 6.50. The van der Waals surface area contributed by atoms with Gasteiger partial charge >= 0.3 is 0 Å². The molecule has 1 heterocycles. The molecule has 0 bridgehead atoms. The van der Waals surface area contributed by atoms with E-state index in [-0.39, 0.29) is 24.8 Å². The topological polar surface area (TPSA) is 94.7 Å². The average molecular weight is 333 g/mol. The van der Waals surface area contributed by atoms with Crippen molar-refractivity contribution in [3.05, 3.63) is 24.3 Å². The van der Waals surface area contributed by atoms with E-state index in [1.165, 1.54) is 0 Å². The number of hydrogen-bond acceptors (Lipinski definition) is 5. The Bertz CT molecular complexity index is 546. The van der Waals surface area contributed by atoms with Crippen LogP contribution >= 0.6 is 0 Å². The summed E-state index contributed by atoms with van der Waals surface area (Å²) >= 11 is 0. The summed E-state index contributed by atoms with van der Waals surface area (Å²) in [6.45, 7) is 6.04. The fourth-order valence-electron chi connectivity index (χ4n) is 2.71. The predicted octanol–water partition coefficient (Wildman–Crippen LogP) is 0.650. The van der Waals surface area contributed by atoms with Crippen LogP contribution in [0.1, 0.15) is 13.3 Å². The number of hydrogen-bond donors (Lipinski definition) is 3. The third-order valence-corrected chi connectivity index (χ3v) is 4.02. The lowest BCUT2D eigenvalue weighted by molar-refractivity contribution is -0.129. The Balaban J connectivity index is 1.87. The normalized spacial score (nSPS) is 14.9. The van der Waals surface area contributed by atoms with Gasteiger partial charge in [-0.2, -0.15) is 0 Å². The zero-order valence-electron chi connectivity index (χ0n) is 14.3. The van der Waals surface area contributed by atoms with Gasteiger partial charge < -0.3 is 25.6 Å². The van der Waals surface area contributed by atoms with E-state index in [2.05, 4.69) is 22.3 Å². The zero-order chi connectivity index (χ0) is 17.4. The average Bonchev–Trinajstić information content (AvgIpc) is 2.86. The second-order valence-corrected chi connectivity index (χ2v) is 5.68. The smallest absolute Gasteiger partial charge is 0.241 e. The monoisotopic (exact) mass is 333 g/mol. The van der Waals surface area contributed by atoms with Crippen molar-refractivity contribution < 1.29 is 9.53 Å². The third kappa shape index (κ3) is 5.13. The van der Waals surface area contributed by atoms with Crippen molar-refractivity contribution >= 4 is 17.4 Å². The summed E-state index contributed by atoms with van der Waals surface area (Å²) < 4.78 is 5.47. The van der Waals surface area contributed by atoms with Crippen LogP contribution in [0.5, 0.6) is 5.75 Å². The Hall–Kier alpha value is -2.28. The van der Waals surface area contributed by atoms with E-state index in [9.17, 15) is 4.79 Å². The molecule has 4 N–H and O–H groups in total. The van der Waals surface area contributed by atoms with Gasteiger partial charge in [-0.15, -0.1) is 0 Å². The number of amidine groups is 1. The second kappa shape index (κ2) is 9.12. The summed E-state index contributed by atoms with van der Waals surface area (Å²) in [6.07, 6.45) is 0.924. The molecular weight excluding hydrogens is 306 g/mol. The van der Waals surface area contributed by atoms with Crippen LogP contribution < -0.4 is 20.7 Å². The molecule has 0 unspecified atom stereocenters. The lowest BCUT2D eigenvalue weighted by atomic mass is 10.2. The van der Waals surface area contributed by atoms with Gasteiger partial charge in [-0.3, -0.25) is 10.2 Å². The van der Waals surface area contributed by atoms with Crippen LogP contribution in [0, 0.1) is 5.41 Å². The Morgan fingerprint density at radius 2 is 2.00 bits per heavy atom. The Morgan fingerprint density at radius 3 is 2.67 bits per heavy atom. The number of carbonyl (C=O) groups excluding carboxylic acids is 1. The minimum atomic E-state index is 0.0155. The molecule has 0 aromatic heterocycles.